The van der Waals surface area contributed by atoms with Crippen LogP contribution >= 0.6 is 0 Å². The van der Waals surface area contributed by atoms with Crippen molar-refractivity contribution in [2.75, 3.05) is 31.1 Å². The number of nitrogens with zero attached hydrogens (tertiary/aromatic N) is 1. The van der Waals surface area contributed by atoms with Crippen molar-refractivity contribution in [2.45, 2.75) is 33.1 Å². The molecule has 0 atom stereocenters. The van der Waals surface area contributed by atoms with Gasteiger partial charge in [-0.15, -0.1) is 0 Å². The SMILES string of the molecule is CCOC(=O)C1=C(CN2CCCc3cccc(CC)c32)NC(=O)NC1. The van der Waals surface area contributed by atoms with Crippen LogP contribution in [-0.4, -0.2) is 38.2 Å². The Bertz CT molecular complexity index is 698. The number of amides is 2. The number of urea groups is 1. The van der Waals surface area contributed by atoms with Crippen molar-refractivity contribution in [3.63, 3.8) is 0 Å². The van der Waals surface area contributed by atoms with Crippen molar-refractivity contribution in [1.29, 1.82) is 0 Å². The molecule has 0 fully saturated rings. The van der Waals surface area contributed by atoms with Gasteiger partial charge in [0.05, 0.1) is 31.0 Å². The van der Waals surface area contributed by atoms with E-state index < -0.39 is 0 Å². The first-order chi connectivity index (χ1) is 12.1. The van der Waals surface area contributed by atoms with Crippen LogP contribution in [0.5, 0.6) is 0 Å². The molecule has 25 heavy (non-hydrogen) atoms. The van der Waals surface area contributed by atoms with E-state index in [0.29, 0.717) is 24.4 Å². The lowest BCUT2D eigenvalue weighted by Gasteiger charge is -2.35. The van der Waals surface area contributed by atoms with E-state index in [1.165, 1.54) is 16.8 Å². The van der Waals surface area contributed by atoms with Crippen LogP contribution in [0.3, 0.4) is 0 Å². The number of esters is 1. The van der Waals surface area contributed by atoms with Crippen LogP contribution < -0.4 is 15.5 Å². The predicted molar refractivity (Wildman–Crippen MR) is 96.5 cm³/mol. The molecule has 1 aromatic rings. The fraction of sp³-hybridized carbons (Fsp3) is 0.474. The maximum Gasteiger partial charge on any atom is 0.337 e. The largest absolute Gasteiger partial charge is 0.463 e. The molecule has 0 saturated carbocycles. The Morgan fingerprint density at radius 1 is 1.32 bits per heavy atom. The van der Waals surface area contributed by atoms with Crippen molar-refractivity contribution in [3.05, 3.63) is 40.6 Å². The summed E-state index contributed by atoms with van der Waals surface area (Å²) in [5.41, 5.74) is 5.03. The van der Waals surface area contributed by atoms with E-state index in [1.54, 1.807) is 6.92 Å². The molecule has 0 saturated heterocycles. The van der Waals surface area contributed by atoms with Crippen molar-refractivity contribution < 1.29 is 14.3 Å². The molecule has 0 unspecified atom stereocenters. The second-order valence-corrected chi connectivity index (χ2v) is 6.29. The number of carbonyl (C=O) groups is 2. The van der Waals surface area contributed by atoms with Crippen LogP contribution in [0.25, 0.3) is 0 Å². The number of carbonyl (C=O) groups excluding carboxylic acids is 2. The minimum absolute atomic E-state index is 0.204. The number of hydrogen-bond acceptors (Lipinski definition) is 4. The number of ether oxygens (including phenoxy) is 1. The zero-order chi connectivity index (χ0) is 17.8. The van der Waals surface area contributed by atoms with Crippen LogP contribution in [0.15, 0.2) is 29.5 Å². The number of anilines is 1. The normalized spacial score (nSPS) is 16.9. The smallest absolute Gasteiger partial charge is 0.337 e. The number of nitrogens with one attached hydrogen (secondary N) is 2. The van der Waals surface area contributed by atoms with Gasteiger partial charge in [-0.25, -0.2) is 9.59 Å². The molecule has 0 aromatic heterocycles. The molecule has 2 aliphatic heterocycles. The van der Waals surface area contributed by atoms with Gasteiger partial charge in [0.15, 0.2) is 0 Å². The Hall–Kier alpha value is -2.50. The van der Waals surface area contributed by atoms with Gasteiger partial charge in [-0.3, -0.25) is 0 Å². The highest BCUT2D eigenvalue weighted by Gasteiger charge is 2.27. The highest BCUT2D eigenvalue weighted by Crippen LogP contribution is 2.32. The van der Waals surface area contributed by atoms with Gasteiger partial charge in [0.2, 0.25) is 0 Å². The third kappa shape index (κ3) is 3.62. The summed E-state index contributed by atoms with van der Waals surface area (Å²) in [7, 11) is 0. The van der Waals surface area contributed by atoms with Crippen LogP contribution in [0, 0.1) is 0 Å². The topological polar surface area (TPSA) is 70.7 Å². The van der Waals surface area contributed by atoms with Crippen LogP contribution in [0.1, 0.15) is 31.4 Å². The number of fused-ring (bicyclic) bond motifs is 1. The fourth-order valence-corrected chi connectivity index (χ4v) is 3.54. The zero-order valence-electron chi connectivity index (χ0n) is 14.9. The summed E-state index contributed by atoms with van der Waals surface area (Å²) < 4.78 is 5.14. The van der Waals surface area contributed by atoms with E-state index in [2.05, 4.69) is 40.7 Å². The Morgan fingerprint density at radius 2 is 2.16 bits per heavy atom. The Balaban J connectivity index is 1.93. The standard InChI is InChI=1S/C19H25N3O3/c1-3-13-7-5-8-14-9-6-10-22(17(13)14)12-16-15(18(23)25-4-2)11-20-19(24)21-16/h5,7-8H,3-4,6,9-12H2,1-2H3,(H2,20,21,24). The summed E-state index contributed by atoms with van der Waals surface area (Å²) in [5.74, 6) is -0.369. The molecular formula is C19H25N3O3. The number of para-hydroxylation sites is 1. The first kappa shape index (κ1) is 17.3. The van der Waals surface area contributed by atoms with Gasteiger partial charge < -0.3 is 20.3 Å². The third-order valence-corrected chi connectivity index (χ3v) is 4.70. The molecule has 6 heteroatoms. The average Bonchev–Trinajstić information content (AvgIpc) is 2.61. The molecule has 0 radical (unpaired) electrons. The Labute approximate surface area is 148 Å². The molecule has 2 aliphatic rings. The lowest BCUT2D eigenvalue weighted by atomic mass is 9.96. The highest BCUT2D eigenvalue weighted by molar-refractivity contribution is 5.94. The predicted octanol–water partition coefficient (Wildman–Crippen LogP) is 2.13. The van der Waals surface area contributed by atoms with Gasteiger partial charge >= 0.3 is 12.0 Å². The minimum Gasteiger partial charge on any atom is -0.463 e. The van der Waals surface area contributed by atoms with Gasteiger partial charge in [0.1, 0.15) is 0 Å². The summed E-state index contributed by atoms with van der Waals surface area (Å²) in [4.78, 5) is 26.3. The Morgan fingerprint density at radius 3 is 2.92 bits per heavy atom. The van der Waals surface area contributed by atoms with E-state index in [4.69, 9.17) is 4.74 Å². The van der Waals surface area contributed by atoms with Gasteiger partial charge in [-0.05, 0) is 37.3 Å². The second kappa shape index (κ2) is 7.59. The molecule has 134 valence electrons. The maximum absolute atomic E-state index is 12.2. The number of rotatable bonds is 5. The monoisotopic (exact) mass is 343 g/mol. The van der Waals surface area contributed by atoms with E-state index in [-0.39, 0.29) is 18.5 Å². The van der Waals surface area contributed by atoms with Gasteiger partial charge in [0, 0.05) is 12.2 Å². The highest BCUT2D eigenvalue weighted by atomic mass is 16.5. The number of hydrogen-bond donors (Lipinski definition) is 2. The van der Waals surface area contributed by atoms with Crippen LogP contribution in [-0.2, 0) is 22.4 Å². The Kier molecular flexibility index (Phi) is 5.26. The van der Waals surface area contributed by atoms with Crippen LogP contribution in [0.2, 0.25) is 0 Å². The van der Waals surface area contributed by atoms with E-state index in [9.17, 15) is 9.59 Å². The van der Waals surface area contributed by atoms with E-state index >= 15 is 0 Å². The number of aryl methyl sites for hydroxylation is 2. The van der Waals surface area contributed by atoms with E-state index in [1.807, 2.05) is 0 Å². The molecule has 0 spiro atoms. The van der Waals surface area contributed by atoms with Crippen molar-refractivity contribution in [2.24, 2.45) is 0 Å². The minimum atomic E-state index is -0.369. The fourth-order valence-electron chi connectivity index (χ4n) is 3.54. The molecular weight excluding hydrogens is 318 g/mol. The first-order valence-electron chi connectivity index (χ1n) is 8.93. The number of benzene rings is 1. The van der Waals surface area contributed by atoms with Crippen molar-refractivity contribution >= 4 is 17.7 Å². The molecule has 2 amide bonds. The third-order valence-electron chi connectivity index (χ3n) is 4.70. The molecule has 2 N–H and O–H groups in total. The van der Waals surface area contributed by atoms with Gasteiger partial charge in [0.25, 0.3) is 0 Å². The quantitative estimate of drug-likeness (QED) is 0.804. The lowest BCUT2D eigenvalue weighted by molar-refractivity contribution is -0.138. The molecule has 6 nitrogen and oxygen atoms in total. The van der Waals surface area contributed by atoms with E-state index in [0.717, 1.165) is 25.8 Å². The van der Waals surface area contributed by atoms with Gasteiger partial charge in [-0.1, -0.05) is 25.1 Å². The van der Waals surface area contributed by atoms with Crippen molar-refractivity contribution in [3.8, 4) is 0 Å². The molecule has 2 heterocycles. The van der Waals surface area contributed by atoms with Crippen LogP contribution in [0.4, 0.5) is 10.5 Å². The van der Waals surface area contributed by atoms with Crippen molar-refractivity contribution in [1.82, 2.24) is 10.6 Å². The summed E-state index contributed by atoms with van der Waals surface area (Å²) in [5, 5.41) is 5.46. The molecule has 0 bridgehead atoms. The summed E-state index contributed by atoms with van der Waals surface area (Å²) in [6.07, 6.45) is 3.09. The lowest BCUT2D eigenvalue weighted by Crippen LogP contribution is -2.47. The molecule has 0 aliphatic carbocycles. The van der Waals surface area contributed by atoms with Gasteiger partial charge in [-0.2, -0.15) is 0 Å². The zero-order valence-corrected chi connectivity index (χ0v) is 14.9. The first-order valence-corrected chi connectivity index (χ1v) is 8.93. The maximum atomic E-state index is 12.2. The summed E-state index contributed by atoms with van der Waals surface area (Å²) in [6.45, 7) is 5.87. The summed E-state index contributed by atoms with van der Waals surface area (Å²) in [6, 6.07) is 6.15. The second-order valence-electron chi connectivity index (χ2n) is 6.29. The average molecular weight is 343 g/mol. The summed E-state index contributed by atoms with van der Waals surface area (Å²) >= 11 is 0. The molecule has 3 rings (SSSR count). The molecule has 1 aromatic carbocycles.